The number of hydrogen-bond acceptors (Lipinski definition) is 5. The molecule has 6 heteroatoms. The highest BCUT2D eigenvalue weighted by molar-refractivity contribution is 6.05. The topological polar surface area (TPSA) is 76.7 Å². The number of carbonyl (C=O) groups excluding carboxylic acids is 2. The molecule has 0 aliphatic heterocycles. The Morgan fingerprint density at radius 3 is 2.06 bits per heavy atom. The Labute approximate surface area is 188 Å². The number of amides is 1. The number of nitrogens with one attached hydrogen (secondary N) is 2. The number of hydrogen-bond donors (Lipinski definition) is 2. The second-order valence-electron chi connectivity index (χ2n) is 8.23. The van der Waals surface area contributed by atoms with Gasteiger partial charge in [0.1, 0.15) is 17.4 Å². The molecule has 32 heavy (non-hydrogen) atoms. The summed E-state index contributed by atoms with van der Waals surface area (Å²) >= 11 is 0. The molecule has 1 amide bonds. The molecule has 0 spiro atoms. The molecule has 3 aromatic rings. The molecule has 1 atom stereocenters. The van der Waals surface area contributed by atoms with Gasteiger partial charge < -0.3 is 14.8 Å². The highest BCUT2D eigenvalue weighted by Crippen LogP contribution is 2.31. The molecule has 3 rings (SSSR count). The summed E-state index contributed by atoms with van der Waals surface area (Å²) in [5.74, 6) is 0.348. The second kappa shape index (κ2) is 10.0. The third-order valence-corrected chi connectivity index (χ3v) is 4.63. The van der Waals surface area contributed by atoms with Gasteiger partial charge >= 0.3 is 6.09 Å². The van der Waals surface area contributed by atoms with Crippen molar-refractivity contribution in [1.82, 2.24) is 0 Å². The smallest absolute Gasteiger partial charge is 0.412 e. The number of para-hydroxylation sites is 3. The van der Waals surface area contributed by atoms with Gasteiger partial charge in [-0.05, 0) is 50.6 Å². The number of ketones is 1. The van der Waals surface area contributed by atoms with Crippen molar-refractivity contribution in [3.05, 3.63) is 90.0 Å². The maximum atomic E-state index is 13.6. The van der Waals surface area contributed by atoms with Crippen LogP contribution in [-0.4, -0.2) is 24.6 Å². The van der Waals surface area contributed by atoms with Gasteiger partial charge in [-0.15, -0.1) is 0 Å². The van der Waals surface area contributed by atoms with E-state index in [-0.39, 0.29) is 5.78 Å². The van der Waals surface area contributed by atoms with Crippen LogP contribution in [0.1, 0.15) is 42.7 Å². The third-order valence-electron chi connectivity index (χ3n) is 4.63. The number of ether oxygens (including phenoxy) is 2. The van der Waals surface area contributed by atoms with Crippen LogP contribution < -0.4 is 15.4 Å². The van der Waals surface area contributed by atoms with Crippen LogP contribution in [0.25, 0.3) is 0 Å². The van der Waals surface area contributed by atoms with E-state index >= 15 is 0 Å². The van der Waals surface area contributed by atoms with Crippen molar-refractivity contribution in [3.8, 4) is 5.75 Å². The zero-order valence-electron chi connectivity index (χ0n) is 18.7. The quantitative estimate of drug-likeness (QED) is 0.443. The fourth-order valence-corrected chi connectivity index (χ4v) is 3.24. The Hall–Kier alpha value is -3.80. The normalized spacial score (nSPS) is 11.9. The van der Waals surface area contributed by atoms with Gasteiger partial charge in [0.05, 0.1) is 24.0 Å². The molecular weight excluding hydrogens is 404 g/mol. The predicted molar refractivity (Wildman–Crippen MR) is 126 cm³/mol. The molecular formula is C26H28N2O4. The first-order valence-corrected chi connectivity index (χ1v) is 10.4. The molecule has 0 aromatic heterocycles. The SMILES string of the molecule is COc1ccccc1C(=O)C(Nc1ccccc1NC(=O)OC(C)(C)C)c1ccccc1. The van der Waals surface area contributed by atoms with Crippen molar-refractivity contribution in [2.24, 2.45) is 0 Å². The Bertz CT molecular complexity index is 1070. The summed E-state index contributed by atoms with van der Waals surface area (Å²) in [7, 11) is 1.54. The van der Waals surface area contributed by atoms with Crippen LogP contribution in [0, 0.1) is 0 Å². The maximum Gasteiger partial charge on any atom is 0.412 e. The highest BCUT2D eigenvalue weighted by Gasteiger charge is 2.26. The van der Waals surface area contributed by atoms with Gasteiger partial charge in [-0.1, -0.05) is 54.6 Å². The Kier molecular flexibility index (Phi) is 7.15. The molecule has 0 aliphatic carbocycles. The van der Waals surface area contributed by atoms with Crippen molar-refractivity contribution in [1.29, 1.82) is 0 Å². The van der Waals surface area contributed by atoms with Gasteiger partial charge in [-0.2, -0.15) is 0 Å². The number of benzene rings is 3. The van der Waals surface area contributed by atoms with Crippen LogP contribution in [0.2, 0.25) is 0 Å². The lowest BCUT2D eigenvalue weighted by atomic mass is 9.96. The first kappa shape index (κ1) is 22.9. The lowest BCUT2D eigenvalue weighted by Gasteiger charge is -2.23. The number of anilines is 2. The van der Waals surface area contributed by atoms with E-state index in [1.807, 2.05) is 42.5 Å². The molecule has 0 saturated heterocycles. The van der Waals surface area contributed by atoms with E-state index in [0.29, 0.717) is 22.7 Å². The van der Waals surface area contributed by atoms with E-state index in [1.54, 1.807) is 57.2 Å². The summed E-state index contributed by atoms with van der Waals surface area (Å²) in [4.78, 5) is 25.9. The molecule has 1 unspecified atom stereocenters. The largest absolute Gasteiger partial charge is 0.496 e. The summed E-state index contributed by atoms with van der Waals surface area (Å²) in [6.07, 6.45) is -0.570. The third kappa shape index (κ3) is 5.88. The summed E-state index contributed by atoms with van der Waals surface area (Å²) in [6, 6.07) is 23.0. The Morgan fingerprint density at radius 1 is 0.812 bits per heavy atom. The lowest BCUT2D eigenvalue weighted by molar-refractivity contribution is 0.0636. The van der Waals surface area contributed by atoms with Crippen molar-refractivity contribution in [3.63, 3.8) is 0 Å². The first-order chi connectivity index (χ1) is 15.3. The van der Waals surface area contributed by atoms with Gasteiger partial charge in [-0.3, -0.25) is 10.1 Å². The van der Waals surface area contributed by atoms with E-state index in [9.17, 15) is 9.59 Å². The van der Waals surface area contributed by atoms with E-state index in [2.05, 4.69) is 10.6 Å². The van der Waals surface area contributed by atoms with Crippen LogP contribution in [0.5, 0.6) is 5.75 Å². The summed E-state index contributed by atoms with van der Waals surface area (Å²) in [5, 5.41) is 6.07. The molecule has 0 heterocycles. The maximum absolute atomic E-state index is 13.6. The summed E-state index contributed by atoms with van der Waals surface area (Å²) in [6.45, 7) is 5.40. The predicted octanol–water partition coefficient (Wildman–Crippen LogP) is 6.08. The first-order valence-electron chi connectivity index (χ1n) is 10.4. The van der Waals surface area contributed by atoms with Crippen molar-refractivity contribution in [2.45, 2.75) is 32.4 Å². The molecule has 0 fully saturated rings. The van der Waals surface area contributed by atoms with E-state index in [1.165, 1.54) is 7.11 Å². The number of Topliss-reactive ketones (excluding diaryl/α,β-unsaturated/α-hetero) is 1. The van der Waals surface area contributed by atoms with Crippen molar-refractivity contribution in [2.75, 3.05) is 17.7 Å². The molecule has 6 nitrogen and oxygen atoms in total. The molecule has 0 aliphatic rings. The molecule has 166 valence electrons. The number of rotatable bonds is 7. The minimum Gasteiger partial charge on any atom is -0.496 e. The van der Waals surface area contributed by atoms with E-state index in [0.717, 1.165) is 5.56 Å². The second-order valence-corrected chi connectivity index (χ2v) is 8.23. The van der Waals surface area contributed by atoms with Crippen molar-refractivity contribution < 1.29 is 19.1 Å². The van der Waals surface area contributed by atoms with Gasteiger partial charge in [0.15, 0.2) is 5.78 Å². The van der Waals surface area contributed by atoms with Crippen LogP contribution in [0.15, 0.2) is 78.9 Å². The number of carbonyl (C=O) groups is 2. The minimum absolute atomic E-state index is 0.152. The highest BCUT2D eigenvalue weighted by atomic mass is 16.6. The lowest BCUT2D eigenvalue weighted by Crippen LogP contribution is -2.28. The van der Waals surface area contributed by atoms with Crippen LogP contribution in [-0.2, 0) is 4.74 Å². The average Bonchev–Trinajstić information content (AvgIpc) is 2.77. The van der Waals surface area contributed by atoms with E-state index < -0.39 is 17.7 Å². The molecule has 3 aromatic carbocycles. The van der Waals surface area contributed by atoms with Crippen LogP contribution >= 0.6 is 0 Å². The average molecular weight is 433 g/mol. The molecule has 0 bridgehead atoms. The Morgan fingerprint density at radius 2 is 1.41 bits per heavy atom. The fourth-order valence-electron chi connectivity index (χ4n) is 3.24. The molecule has 2 N–H and O–H groups in total. The fraction of sp³-hybridized carbons (Fsp3) is 0.231. The monoisotopic (exact) mass is 432 g/mol. The van der Waals surface area contributed by atoms with E-state index in [4.69, 9.17) is 9.47 Å². The molecule has 0 saturated carbocycles. The van der Waals surface area contributed by atoms with Gasteiger partial charge in [-0.25, -0.2) is 4.79 Å². The zero-order chi connectivity index (χ0) is 23.1. The van der Waals surface area contributed by atoms with Crippen molar-refractivity contribution >= 4 is 23.3 Å². The summed E-state index contributed by atoms with van der Waals surface area (Å²) in [5.41, 5.74) is 1.73. The molecule has 0 radical (unpaired) electrons. The number of methoxy groups -OCH3 is 1. The Balaban J connectivity index is 1.95. The van der Waals surface area contributed by atoms with Crippen LogP contribution in [0.4, 0.5) is 16.2 Å². The van der Waals surface area contributed by atoms with Gasteiger partial charge in [0, 0.05) is 0 Å². The zero-order valence-corrected chi connectivity index (χ0v) is 18.7. The van der Waals surface area contributed by atoms with Crippen LogP contribution in [0.3, 0.4) is 0 Å². The standard InChI is InChI=1S/C26H28N2O4/c1-26(2,3)32-25(30)28-21-16-10-9-15-20(21)27-23(18-12-6-5-7-13-18)24(29)19-14-8-11-17-22(19)31-4/h5-17,23,27H,1-4H3,(H,28,30). The minimum atomic E-state index is -0.700. The van der Waals surface area contributed by atoms with Gasteiger partial charge in [0.2, 0.25) is 0 Å². The van der Waals surface area contributed by atoms with Gasteiger partial charge in [0.25, 0.3) is 0 Å². The summed E-state index contributed by atoms with van der Waals surface area (Å²) < 4.78 is 10.8.